The van der Waals surface area contributed by atoms with Gasteiger partial charge in [0.15, 0.2) is 5.65 Å². The van der Waals surface area contributed by atoms with Gasteiger partial charge < -0.3 is 4.98 Å². The molecule has 6 nitrogen and oxygen atoms in total. The molecule has 2 aromatic heterocycles. The van der Waals surface area contributed by atoms with E-state index < -0.39 is 11.2 Å². The minimum Gasteiger partial charge on any atom is -0.332 e. The van der Waals surface area contributed by atoms with Crippen LogP contribution in [0.5, 0.6) is 0 Å². The summed E-state index contributed by atoms with van der Waals surface area (Å²) in [5, 5.41) is 0.526. The Bertz CT molecular complexity index is 891. The maximum absolute atomic E-state index is 11.6. The molecule has 0 saturated carbocycles. The molecule has 19 heavy (non-hydrogen) atoms. The first-order valence-corrected chi connectivity index (χ1v) is 5.91. The molecule has 0 aliphatic heterocycles. The van der Waals surface area contributed by atoms with Crippen molar-refractivity contribution in [2.45, 2.75) is 6.92 Å². The van der Waals surface area contributed by atoms with Gasteiger partial charge >= 0.3 is 5.69 Å². The Balaban J connectivity index is 2.29. The number of nitrogens with one attached hydrogen (secondary N) is 3. The van der Waals surface area contributed by atoms with Crippen molar-refractivity contribution in [2.24, 2.45) is 0 Å². The molecule has 96 valence electrons. The predicted molar refractivity (Wildman–Crippen MR) is 72.5 cm³/mol. The fraction of sp³-hybridized carbons (Fsp3) is 0.0833. The van der Waals surface area contributed by atoms with E-state index in [0.29, 0.717) is 16.4 Å². The summed E-state index contributed by atoms with van der Waals surface area (Å²) in [5.41, 5.74) is 1.01. The average molecular weight is 277 g/mol. The molecule has 1 aromatic carbocycles. The van der Waals surface area contributed by atoms with Crippen LogP contribution < -0.4 is 11.2 Å². The van der Waals surface area contributed by atoms with Gasteiger partial charge in [0.1, 0.15) is 11.3 Å². The lowest BCUT2D eigenvalue weighted by Crippen LogP contribution is -2.21. The normalized spacial score (nSPS) is 11.1. The highest BCUT2D eigenvalue weighted by Crippen LogP contribution is 2.26. The fourth-order valence-electron chi connectivity index (χ4n) is 1.87. The third-order valence-corrected chi connectivity index (χ3v) is 3.08. The molecule has 0 saturated heterocycles. The van der Waals surface area contributed by atoms with Crippen molar-refractivity contribution in [3.05, 3.63) is 49.6 Å². The first-order chi connectivity index (χ1) is 9.04. The van der Waals surface area contributed by atoms with E-state index >= 15 is 0 Å². The van der Waals surface area contributed by atoms with Gasteiger partial charge in [0.25, 0.3) is 5.56 Å². The van der Waals surface area contributed by atoms with Crippen molar-refractivity contribution in [3.63, 3.8) is 0 Å². The molecule has 0 spiro atoms. The van der Waals surface area contributed by atoms with Crippen LogP contribution in [-0.2, 0) is 0 Å². The van der Waals surface area contributed by atoms with Crippen molar-refractivity contribution < 1.29 is 0 Å². The lowest BCUT2D eigenvalue weighted by molar-refractivity contribution is 1.07. The number of H-pyrrole nitrogens is 3. The maximum Gasteiger partial charge on any atom is 0.327 e. The Morgan fingerprint density at radius 3 is 2.68 bits per heavy atom. The van der Waals surface area contributed by atoms with Crippen molar-refractivity contribution >= 4 is 22.8 Å². The smallest absolute Gasteiger partial charge is 0.327 e. The van der Waals surface area contributed by atoms with Crippen LogP contribution in [0.15, 0.2) is 27.8 Å². The van der Waals surface area contributed by atoms with Gasteiger partial charge in [-0.05, 0) is 24.6 Å². The summed E-state index contributed by atoms with van der Waals surface area (Å²) in [5.74, 6) is 0.437. The third-order valence-electron chi connectivity index (χ3n) is 2.77. The molecule has 0 atom stereocenters. The third kappa shape index (κ3) is 1.96. The van der Waals surface area contributed by atoms with Gasteiger partial charge in [0, 0.05) is 5.56 Å². The highest BCUT2D eigenvalue weighted by molar-refractivity contribution is 6.33. The zero-order valence-electron chi connectivity index (χ0n) is 9.87. The van der Waals surface area contributed by atoms with Crippen LogP contribution >= 0.6 is 11.6 Å². The number of imidazole rings is 1. The maximum atomic E-state index is 11.6. The lowest BCUT2D eigenvalue weighted by atomic mass is 10.1. The minimum absolute atomic E-state index is 0.209. The second kappa shape index (κ2) is 4.10. The number of nitrogens with zero attached hydrogens (tertiary/aromatic N) is 1. The first-order valence-electron chi connectivity index (χ1n) is 5.53. The van der Waals surface area contributed by atoms with Crippen LogP contribution in [0, 0.1) is 6.92 Å². The summed E-state index contributed by atoms with van der Waals surface area (Å²) in [6, 6.07) is 5.50. The highest BCUT2D eigenvalue weighted by atomic mass is 35.5. The number of aryl methyl sites for hydroxylation is 1. The summed E-state index contributed by atoms with van der Waals surface area (Å²) in [6.45, 7) is 1.93. The van der Waals surface area contributed by atoms with E-state index in [1.54, 1.807) is 6.07 Å². The van der Waals surface area contributed by atoms with Crippen LogP contribution in [0.1, 0.15) is 5.56 Å². The second-order valence-electron chi connectivity index (χ2n) is 4.20. The Morgan fingerprint density at radius 1 is 1.16 bits per heavy atom. The summed E-state index contributed by atoms with van der Waals surface area (Å²) >= 11 is 6.14. The zero-order valence-corrected chi connectivity index (χ0v) is 10.6. The molecule has 2 heterocycles. The van der Waals surface area contributed by atoms with Gasteiger partial charge in [-0.15, -0.1) is 0 Å². The molecule has 0 fully saturated rings. The molecule has 3 N–H and O–H groups in total. The van der Waals surface area contributed by atoms with Crippen LogP contribution in [-0.4, -0.2) is 19.9 Å². The number of halogens is 1. The van der Waals surface area contributed by atoms with E-state index in [4.69, 9.17) is 11.6 Å². The summed E-state index contributed by atoms with van der Waals surface area (Å²) in [7, 11) is 0. The van der Waals surface area contributed by atoms with Gasteiger partial charge in [0.05, 0.1) is 5.02 Å². The monoisotopic (exact) mass is 276 g/mol. The van der Waals surface area contributed by atoms with Gasteiger partial charge in [-0.3, -0.25) is 14.8 Å². The minimum atomic E-state index is -0.592. The molecule has 0 unspecified atom stereocenters. The Kier molecular flexibility index (Phi) is 2.53. The van der Waals surface area contributed by atoms with Gasteiger partial charge in [-0.25, -0.2) is 9.78 Å². The summed E-state index contributed by atoms with van der Waals surface area (Å²) in [4.78, 5) is 34.4. The van der Waals surface area contributed by atoms with Crippen molar-refractivity contribution in [3.8, 4) is 11.4 Å². The van der Waals surface area contributed by atoms with Gasteiger partial charge in [0.2, 0.25) is 0 Å². The van der Waals surface area contributed by atoms with E-state index in [9.17, 15) is 9.59 Å². The molecule has 0 amide bonds. The first kappa shape index (κ1) is 11.7. The number of aromatic amines is 3. The molecule has 0 aliphatic rings. The van der Waals surface area contributed by atoms with Crippen LogP contribution in [0.3, 0.4) is 0 Å². The Hall–Kier alpha value is -2.34. The number of rotatable bonds is 1. The number of benzene rings is 1. The van der Waals surface area contributed by atoms with E-state index in [2.05, 4.69) is 19.9 Å². The predicted octanol–water partition coefficient (Wildman–Crippen LogP) is 1.57. The van der Waals surface area contributed by atoms with Gasteiger partial charge in [-0.1, -0.05) is 17.7 Å². The second-order valence-corrected chi connectivity index (χ2v) is 4.61. The van der Waals surface area contributed by atoms with Crippen molar-refractivity contribution in [2.75, 3.05) is 0 Å². The van der Waals surface area contributed by atoms with E-state index in [1.165, 1.54) is 0 Å². The lowest BCUT2D eigenvalue weighted by Gasteiger charge is -2.01. The molecule has 3 aromatic rings. The van der Waals surface area contributed by atoms with Gasteiger partial charge in [-0.2, -0.15) is 0 Å². The largest absolute Gasteiger partial charge is 0.332 e. The number of hydrogen-bond donors (Lipinski definition) is 3. The number of hydrogen-bond acceptors (Lipinski definition) is 3. The Labute approximate surface area is 111 Å². The van der Waals surface area contributed by atoms with E-state index in [0.717, 1.165) is 5.56 Å². The average Bonchev–Trinajstić information content (AvgIpc) is 2.72. The SMILES string of the molecule is Cc1ccc(-c2nc3[nH]c(=O)[nH]c(=O)c3[nH]2)c(Cl)c1. The van der Waals surface area contributed by atoms with Crippen molar-refractivity contribution in [1.82, 2.24) is 19.9 Å². The standard InChI is InChI=1S/C12H9ClN4O2/c1-5-2-3-6(7(13)4-5)9-14-8-10(15-9)16-12(19)17-11(8)18/h2-4H,1H3,(H3,14,15,16,17,18,19). The topological polar surface area (TPSA) is 94.4 Å². The fourth-order valence-corrected chi connectivity index (χ4v) is 2.20. The molecule has 7 heteroatoms. The zero-order chi connectivity index (χ0) is 13.6. The van der Waals surface area contributed by atoms with E-state index in [1.807, 2.05) is 19.1 Å². The van der Waals surface area contributed by atoms with Crippen molar-refractivity contribution in [1.29, 1.82) is 0 Å². The molecular formula is C12H9ClN4O2. The molecule has 3 rings (SSSR count). The quantitative estimate of drug-likeness (QED) is 0.629. The Morgan fingerprint density at radius 2 is 1.95 bits per heavy atom. The van der Waals surface area contributed by atoms with E-state index in [-0.39, 0.29) is 11.2 Å². The summed E-state index contributed by atoms with van der Waals surface area (Å²) in [6.07, 6.45) is 0. The van der Waals surface area contributed by atoms with Crippen LogP contribution in [0.25, 0.3) is 22.6 Å². The number of aromatic nitrogens is 4. The van der Waals surface area contributed by atoms with Crippen LogP contribution in [0.2, 0.25) is 5.02 Å². The molecule has 0 radical (unpaired) electrons. The number of fused-ring (bicyclic) bond motifs is 1. The highest BCUT2D eigenvalue weighted by Gasteiger charge is 2.11. The summed E-state index contributed by atoms with van der Waals surface area (Å²) < 4.78 is 0. The molecule has 0 bridgehead atoms. The molecule has 0 aliphatic carbocycles. The van der Waals surface area contributed by atoms with Crippen LogP contribution in [0.4, 0.5) is 0 Å². The molecular weight excluding hydrogens is 268 g/mol.